The van der Waals surface area contributed by atoms with Crippen molar-refractivity contribution in [2.75, 3.05) is 7.11 Å². The molecule has 1 heterocycles. The van der Waals surface area contributed by atoms with Crippen LogP contribution in [-0.2, 0) is 4.74 Å². The molecule has 0 bridgehead atoms. The molecule has 0 spiro atoms. The Bertz CT molecular complexity index is 280. The van der Waals surface area contributed by atoms with Crippen molar-refractivity contribution in [1.82, 2.24) is 4.98 Å². The van der Waals surface area contributed by atoms with Crippen LogP contribution in [0.3, 0.4) is 0 Å². The summed E-state index contributed by atoms with van der Waals surface area (Å²) in [6.07, 6.45) is 1.30. The van der Waals surface area contributed by atoms with Crippen LogP contribution in [-0.4, -0.2) is 23.3 Å². The predicted octanol–water partition coefficient (Wildman–Crippen LogP) is 1.29. The molecule has 0 saturated carbocycles. The number of nitrogens with zero attached hydrogens (tertiary/aromatic N) is 1. The Morgan fingerprint density at radius 2 is 2.23 bits per heavy atom. The molecular weight excluding hydrogens is 173 g/mol. The van der Waals surface area contributed by atoms with Gasteiger partial charge in [0.15, 0.2) is 0 Å². The fraction of sp³-hybridized carbons (Fsp3) is 0.444. The molecule has 0 amide bonds. The van der Waals surface area contributed by atoms with Crippen molar-refractivity contribution < 1.29 is 14.2 Å². The third-order valence-corrected chi connectivity index (χ3v) is 1.88. The molecule has 0 saturated heterocycles. The minimum atomic E-state index is -0.840. The van der Waals surface area contributed by atoms with Crippen molar-refractivity contribution >= 4 is 0 Å². The molecule has 72 valence electrons. The molecule has 4 heteroatoms. The van der Waals surface area contributed by atoms with E-state index in [0.29, 0.717) is 5.56 Å². The lowest BCUT2D eigenvalue weighted by atomic mass is 10.1. The van der Waals surface area contributed by atoms with Gasteiger partial charge in [0.25, 0.3) is 0 Å². The Hall–Kier alpha value is -1.00. The Kier molecular flexibility index (Phi) is 3.33. The van der Waals surface area contributed by atoms with Gasteiger partial charge in [-0.05, 0) is 13.0 Å². The molecule has 0 fully saturated rings. The molecule has 1 aromatic heterocycles. The van der Waals surface area contributed by atoms with Crippen LogP contribution < -0.4 is 0 Å². The van der Waals surface area contributed by atoms with E-state index in [1.54, 1.807) is 6.92 Å². The van der Waals surface area contributed by atoms with E-state index in [4.69, 9.17) is 4.74 Å². The molecule has 0 radical (unpaired) electrons. The summed E-state index contributed by atoms with van der Waals surface area (Å²) < 4.78 is 17.6. The van der Waals surface area contributed by atoms with Crippen LogP contribution in [0.4, 0.5) is 4.39 Å². The number of aliphatic hydroxyl groups is 1. The highest BCUT2D eigenvalue weighted by Crippen LogP contribution is 2.17. The van der Waals surface area contributed by atoms with E-state index < -0.39 is 11.9 Å². The van der Waals surface area contributed by atoms with Gasteiger partial charge >= 0.3 is 0 Å². The van der Waals surface area contributed by atoms with E-state index in [9.17, 15) is 9.50 Å². The fourth-order valence-corrected chi connectivity index (χ4v) is 0.990. The molecule has 3 nitrogen and oxygen atoms in total. The average Bonchev–Trinajstić information content (AvgIpc) is 2.15. The third-order valence-electron chi connectivity index (χ3n) is 1.88. The van der Waals surface area contributed by atoms with Gasteiger partial charge < -0.3 is 9.84 Å². The number of methoxy groups -OCH3 is 1. The second kappa shape index (κ2) is 4.30. The highest BCUT2D eigenvalue weighted by Gasteiger charge is 2.16. The van der Waals surface area contributed by atoms with Gasteiger partial charge in [-0.3, -0.25) is 4.98 Å². The number of rotatable bonds is 3. The summed E-state index contributed by atoms with van der Waals surface area (Å²) in [5.41, 5.74) is 0.425. The van der Waals surface area contributed by atoms with E-state index in [1.807, 2.05) is 0 Å². The van der Waals surface area contributed by atoms with Gasteiger partial charge in [0.05, 0.1) is 12.3 Å². The van der Waals surface area contributed by atoms with Crippen molar-refractivity contribution in [2.45, 2.75) is 19.1 Å². The van der Waals surface area contributed by atoms with E-state index in [1.165, 1.54) is 19.4 Å². The normalized spacial score (nSPS) is 15.4. The number of pyridine rings is 1. The lowest BCUT2D eigenvalue weighted by molar-refractivity contribution is -0.00173. The van der Waals surface area contributed by atoms with Crippen molar-refractivity contribution in [3.05, 3.63) is 29.8 Å². The van der Waals surface area contributed by atoms with Crippen molar-refractivity contribution in [3.8, 4) is 0 Å². The average molecular weight is 185 g/mol. The first-order chi connectivity index (χ1) is 6.15. The maximum absolute atomic E-state index is 12.7. The number of hydrogen-bond acceptors (Lipinski definition) is 3. The largest absolute Gasteiger partial charge is 0.386 e. The minimum absolute atomic E-state index is 0.372. The zero-order valence-corrected chi connectivity index (χ0v) is 7.57. The summed E-state index contributed by atoms with van der Waals surface area (Å²) in [6, 6.07) is 1.24. The first-order valence-electron chi connectivity index (χ1n) is 3.96. The van der Waals surface area contributed by atoms with Gasteiger partial charge in [-0.25, -0.2) is 4.39 Å². The van der Waals surface area contributed by atoms with Crippen molar-refractivity contribution in [3.63, 3.8) is 0 Å². The standard InChI is InChI=1S/C9H12FNO2/c1-6(13-2)9(12)7-3-8(10)5-11-4-7/h3-6,9,12H,1-2H3. The molecule has 1 rings (SSSR count). The molecule has 2 unspecified atom stereocenters. The molecular formula is C9H12FNO2. The van der Waals surface area contributed by atoms with E-state index in [-0.39, 0.29) is 6.10 Å². The predicted molar refractivity (Wildman–Crippen MR) is 45.6 cm³/mol. The van der Waals surface area contributed by atoms with E-state index in [2.05, 4.69) is 4.98 Å². The zero-order valence-electron chi connectivity index (χ0n) is 7.57. The van der Waals surface area contributed by atoms with Crippen LogP contribution >= 0.6 is 0 Å². The third kappa shape index (κ3) is 2.47. The van der Waals surface area contributed by atoms with Crippen LogP contribution in [0.25, 0.3) is 0 Å². The zero-order chi connectivity index (χ0) is 9.84. The number of aliphatic hydroxyl groups excluding tert-OH is 1. The topological polar surface area (TPSA) is 42.4 Å². The monoisotopic (exact) mass is 185 g/mol. The van der Waals surface area contributed by atoms with E-state index >= 15 is 0 Å². The molecule has 1 N–H and O–H groups in total. The Labute approximate surface area is 76.2 Å². The highest BCUT2D eigenvalue weighted by molar-refractivity contribution is 5.14. The maximum Gasteiger partial charge on any atom is 0.141 e. The molecule has 0 aromatic carbocycles. The van der Waals surface area contributed by atoms with Gasteiger partial charge in [0, 0.05) is 18.9 Å². The second-order valence-corrected chi connectivity index (χ2v) is 2.82. The quantitative estimate of drug-likeness (QED) is 0.771. The van der Waals surface area contributed by atoms with Gasteiger partial charge in [0.2, 0.25) is 0 Å². The number of hydrogen-bond donors (Lipinski definition) is 1. The number of aromatic nitrogens is 1. The SMILES string of the molecule is COC(C)C(O)c1cncc(F)c1. The highest BCUT2D eigenvalue weighted by atomic mass is 19.1. The van der Waals surface area contributed by atoms with E-state index in [0.717, 1.165) is 6.20 Å². The number of ether oxygens (including phenoxy) is 1. The molecule has 1 aromatic rings. The number of halogens is 1. The second-order valence-electron chi connectivity index (χ2n) is 2.82. The summed E-state index contributed by atoms with van der Waals surface area (Å²) >= 11 is 0. The molecule has 0 aliphatic carbocycles. The van der Waals surface area contributed by atoms with Crippen LogP contribution in [0.15, 0.2) is 18.5 Å². The smallest absolute Gasteiger partial charge is 0.141 e. The molecule has 13 heavy (non-hydrogen) atoms. The summed E-state index contributed by atoms with van der Waals surface area (Å²) in [5, 5.41) is 9.58. The van der Waals surface area contributed by atoms with Crippen LogP contribution in [0, 0.1) is 5.82 Å². The summed E-state index contributed by atoms with van der Waals surface area (Å²) in [5.74, 6) is -0.458. The Balaban J connectivity index is 2.82. The Morgan fingerprint density at radius 1 is 1.54 bits per heavy atom. The van der Waals surface area contributed by atoms with Crippen LogP contribution in [0.2, 0.25) is 0 Å². The Morgan fingerprint density at radius 3 is 2.77 bits per heavy atom. The maximum atomic E-state index is 12.7. The van der Waals surface area contributed by atoms with Crippen LogP contribution in [0.1, 0.15) is 18.6 Å². The van der Waals surface area contributed by atoms with Gasteiger partial charge in [0.1, 0.15) is 11.9 Å². The van der Waals surface area contributed by atoms with Gasteiger partial charge in [-0.15, -0.1) is 0 Å². The van der Waals surface area contributed by atoms with Gasteiger partial charge in [-0.1, -0.05) is 0 Å². The molecule has 0 aliphatic rings. The first kappa shape index (κ1) is 10.1. The fourth-order valence-electron chi connectivity index (χ4n) is 0.990. The van der Waals surface area contributed by atoms with Crippen molar-refractivity contribution in [2.24, 2.45) is 0 Å². The van der Waals surface area contributed by atoms with Gasteiger partial charge in [-0.2, -0.15) is 0 Å². The summed E-state index contributed by atoms with van der Waals surface area (Å²) in [4.78, 5) is 3.63. The minimum Gasteiger partial charge on any atom is -0.386 e. The molecule has 2 atom stereocenters. The summed E-state index contributed by atoms with van der Waals surface area (Å²) in [7, 11) is 1.49. The van der Waals surface area contributed by atoms with Crippen LogP contribution in [0.5, 0.6) is 0 Å². The first-order valence-corrected chi connectivity index (χ1v) is 3.96. The lowest BCUT2D eigenvalue weighted by Crippen LogP contribution is -2.17. The summed E-state index contributed by atoms with van der Waals surface area (Å²) in [6.45, 7) is 1.70. The lowest BCUT2D eigenvalue weighted by Gasteiger charge is -2.16. The molecule has 0 aliphatic heterocycles. The van der Waals surface area contributed by atoms with Crippen molar-refractivity contribution in [1.29, 1.82) is 0 Å².